The van der Waals surface area contributed by atoms with Crippen LogP contribution >= 0.6 is 12.2 Å². The van der Waals surface area contributed by atoms with Gasteiger partial charge in [-0.25, -0.2) is 4.98 Å². The first-order valence-electron chi connectivity index (χ1n) is 5.09. The number of hydrogen-bond donors (Lipinski definition) is 1. The molecule has 0 radical (unpaired) electrons. The van der Waals surface area contributed by atoms with Gasteiger partial charge in [0.1, 0.15) is 10.8 Å². The van der Waals surface area contributed by atoms with Gasteiger partial charge in [-0.2, -0.15) is 0 Å². The van der Waals surface area contributed by atoms with Crippen molar-refractivity contribution in [3.05, 3.63) is 23.4 Å². The molecule has 0 spiro atoms. The van der Waals surface area contributed by atoms with Crippen LogP contribution in [0, 0.1) is 6.92 Å². The maximum atomic E-state index is 5.63. The largest absolute Gasteiger partial charge is 0.389 e. The Morgan fingerprint density at radius 3 is 2.73 bits per heavy atom. The molecule has 1 heterocycles. The van der Waals surface area contributed by atoms with E-state index in [1.54, 1.807) is 0 Å². The average Bonchev–Trinajstić information content (AvgIpc) is 2.98. The van der Waals surface area contributed by atoms with Gasteiger partial charge in [-0.05, 0) is 31.9 Å². The highest BCUT2D eigenvalue weighted by Crippen LogP contribution is 2.29. The summed E-state index contributed by atoms with van der Waals surface area (Å²) in [7, 11) is 2.07. The molecular weight excluding hydrogens is 206 g/mol. The summed E-state index contributed by atoms with van der Waals surface area (Å²) in [4.78, 5) is 7.13. The molecule has 2 N–H and O–H groups in total. The van der Waals surface area contributed by atoms with Gasteiger partial charge < -0.3 is 10.6 Å². The van der Waals surface area contributed by atoms with Crippen molar-refractivity contribution in [3.8, 4) is 0 Å². The molecule has 0 aromatic carbocycles. The molecule has 0 aliphatic heterocycles. The Labute approximate surface area is 95.3 Å². The van der Waals surface area contributed by atoms with Crippen LogP contribution < -0.4 is 10.6 Å². The first kappa shape index (κ1) is 10.4. The molecule has 0 bridgehead atoms. The Bertz CT molecular complexity index is 399. The number of pyridine rings is 1. The van der Waals surface area contributed by atoms with E-state index in [-0.39, 0.29) is 0 Å². The fourth-order valence-corrected chi connectivity index (χ4v) is 1.74. The first-order valence-corrected chi connectivity index (χ1v) is 5.50. The highest BCUT2D eigenvalue weighted by atomic mass is 32.1. The summed E-state index contributed by atoms with van der Waals surface area (Å²) in [5.41, 5.74) is 7.49. The molecule has 2 rings (SSSR count). The highest BCUT2D eigenvalue weighted by Gasteiger charge is 2.27. The third-order valence-electron chi connectivity index (χ3n) is 2.68. The van der Waals surface area contributed by atoms with Crippen molar-refractivity contribution < 1.29 is 0 Å². The van der Waals surface area contributed by atoms with Gasteiger partial charge in [-0.1, -0.05) is 12.2 Å². The molecule has 1 aliphatic carbocycles. The fraction of sp³-hybridized carbons (Fsp3) is 0.455. The molecule has 1 fully saturated rings. The standard InChI is InChI=1S/C11H15N3S/c1-7-5-8(11(12)15)6-10(13-7)14(2)9-3-4-9/h5-6,9H,3-4H2,1-2H3,(H2,12,15). The van der Waals surface area contributed by atoms with E-state index in [0.29, 0.717) is 11.0 Å². The van der Waals surface area contributed by atoms with Crippen molar-refractivity contribution in [2.24, 2.45) is 5.73 Å². The molecule has 0 amide bonds. The van der Waals surface area contributed by atoms with E-state index in [4.69, 9.17) is 18.0 Å². The molecule has 1 saturated carbocycles. The second-order valence-corrected chi connectivity index (χ2v) is 4.50. The molecule has 0 atom stereocenters. The summed E-state index contributed by atoms with van der Waals surface area (Å²) >= 11 is 4.98. The summed E-state index contributed by atoms with van der Waals surface area (Å²) in [6.45, 7) is 1.96. The van der Waals surface area contributed by atoms with E-state index in [2.05, 4.69) is 16.9 Å². The van der Waals surface area contributed by atoms with E-state index in [0.717, 1.165) is 17.1 Å². The Kier molecular flexibility index (Phi) is 2.61. The van der Waals surface area contributed by atoms with E-state index in [9.17, 15) is 0 Å². The minimum Gasteiger partial charge on any atom is -0.389 e. The molecule has 80 valence electrons. The van der Waals surface area contributed by atoms with Crippen LogP contribution in [0.5, 0.6) is 0 Å². The number of nitrogens with two attached hydrogens (primary N) is 1. The average molecular weight is 221 g/mol. The first-order chi connectivity index (χ1) is 7.08. The second kappa shape index (κ2) is 3.77. The fourth-order valence-electron chi connectivity index (χ4n) is 1.62. The van der Waals surface area contributed by atoms with E-state index < -0.39 is 0 Å². The van der Waals surface area contributed by atoms with Crippen LogP contribution in [-0.4, -0.2) is 23.1 Å². The van der Waals surface area contributed by atoms with Crippen molar-refractivity contribution in [3.63, 3.8) is 0 Å². The maximum Gasteiger partial charge on any atom is 0.129 e. The summed E-state index contributed by atoms with van der Waals surface area (Å²) < 4.78 is 0. The summed E-state index contributed by atoms with van der Waals surface area (Å²) in [5, 5.41) is 0. The van der Waals surface area contributed by atoms with Crippen molar-refractivity contribution >= 4 is 23.0 Å². The van der Waals surface area contributed by atoms with Gasteiger partial charge in [0.25, 0.3) is 0 Å². The predicted octanol–water partition coefficient (Wildman–Crippen LogP) is 1.62. The van der Waals surface area contributed by atoms with E-state index >= 15 is 0 Å². The minimum absolute atomic E-state index is 0.436. The number of anilines is 1. The molecule has 15 heavy (non-hydrogen) atoms. The highest BCUT2D eigenvalue weighted by molar-refractivity contribution is 7.80. The Morgan fingerprint density at radius 1 is 1.53 bits per heavy atom. The van der Waals surface area contributed by atoms with Crippen molar-refractivity contribution in [2.75, 3.05) is 11.9 Å². The van der Waals surface area contributed by atoms with Crippen molar-refractivity contribution in [2.45, 2.75) is 25.8 Å². The van der Waals surface area contributed by atoms with Crippen LogP contribution in [0.15, 0.2) is 12.1 Å². The van der Waals surface area contributed by atoms with Crippen LogP contribution in [0.4, 0.5) is 5.82 Å². The van der Waals surface area contributed by atoms with Gasteiger partial charge in [0.05, 0.1) is 0 Å². The zero-order valence-electron chi connectivity index (χ0n) is 9.03. The Morgan fingerprint density at radius 2 is 2.20 bits per heavy atom. The topological polar surface area (TPSA) is 42.1 Å². The molecule has 3 nitrogen and oxygen atoms in total. The zero-order valence-corrected chi connectivity index (χ0v) is 9.84. The smallest absolute Gasteiger partial charge is 0.129 e. The zero-order chi connectivity index (χ0) is 11.0. The van der Waals surface area contributed by atoms with Crippen LogP contribution in [-0.2, 0) is 0 Å². The van der Waals surface area contributed by atoms with Crippen LogP contribution in [0.25, 0.3) is 0 Å². The van der Waals surface area contributed by atoms with Gasteiger partial charge >= 0.3 is 0 Å². The number of thiocarbonyl (C=S) groups is 1. The SMILES string of the molecule is Cc1cc(C(N)=S)cc(N(C)C2CC2)n1. The van der Waals surface area contributed by atoms with Gasteiger partial charge in [0, 0.05) is 24.3 Å². The lowest BCUT2D eigenvalue weighted by molar-refractivity contribution is 0.886. The summed E-state index contributed by atoms with van der Waals surface area (Å²) in [6.07, 6.45) is 2.52. The van der Waals surface area contributed by atoms with Crippen LogP contribution in [0.3, 0.4) is 0 Å². The number of aromatic nitrogens is 1. The molecule has 1 aromatic rings. The number of nitrogens with zero attached hydrogens (tertiary/aromatic N) is 2. The van der Waals surface area contributed by atoms with Gasteiger partial charge in [0.15, 0.2) is 0 Å². The second-order valence-electron chi connectivity index (χ2n) is 4.06. The monoisotopic (exact) mass is 221 g/mol. The summed E-state index contributed by atoms with van der Waals surface area (Å²) in [5.74, 6) is 0.973. The predicted molar refractivity (Wildman–Crippen MR) is 66.3 cm³/mol. The molecule has 1 aromatic heterocycles. The quantitative estimate of drug-likeness (QED) is 0.788. The van der Waals surface area contributed by atoms with Crippen LogP contribution in [0.2, 0.25) is 0 Å². The van der Waals surface area contributed by atoms with Gasteiger partial charge in [0.2, 0.25) is 0 Å². The minimum atomic E-state index is 0.436. The molecule has 0 saturated heterocycles. The third kappa shape index (κ3) is 2.26. The summed E-state index contributed by atoms with van der Waals surface area (Å²) in [6, 6.07) is 4.54. The lowest BCUT2D eigenvalue weighted by Gasteiger charge is -2.18. The lowest BCUT2D eigenvalue weighted by atomic mass is 10.2. The third-order valence-corrected chi connectivity index (χ3v) is 2.92. The Balaban J connectivity index is 2.33. The van der Waals surface area contributed by atoms with Gasteiger partial charge in [-0.15, -0.1) is 0 Å². The van der Waals surface area contributed by atoms with E-state index in [1.165, 1.54) is 12.8 Å². The molecule has 1 aliphatic rings. The van der Waals surface area contributed by atoms with Crippen molar-refractivity contribution in [1.29, 1.82) is 0 Å². The lowest BCUT2D eigenvalue weighted by Crippen LogP contribution is -2.22. The molecular formula is C11H15N3S. The molecule has 4 heteroatoms. The van der Waals surface area contributed by atoms with E-state index in [1.807, 2.05) is 19.1 Å². The number of rotatable bonds is 3. The number of aryl methyl sites for hydroxylation is 1. The van der Waals surface area contributed by atoms with Crippen molar-refractivity contribution in [1.82, 2.24) is 4.98 Å². The van der Waals surface area contributed by atoms with Crippen LogP contribution in [0.1, 0.15) is 24.1 Å². The number of hydrogen-bond acceptors (Lipinski definition) is 3. The molecule has 0 unspecified atom stereocenters. The normalized spacial score (nSPS) is 15.1. The Hall–Kier alpha value is -1.16. The van der Waals surface area contributed by atoms with Gasteiger partial charge in [-0.3, -0.25) is 0 Å². The maximum absolute atomic E-state index is 5.63.